The van der Waals surface area contributed by atoms with E-state index >= 15 is 0 Å². The molecule has 2 rings (SSSR count). The van der Waals surface area contributed by atoms with Crippen molar-refractivity contribution in [3.05, 3.63) is 42.0 Å². The fourth-order valence-electron chi connectivity index (χ4n) is 1.95. The number of carbonyl (C=O) groups excluding carboxylic acids is 1. The third kappa shape index (κ3) is 1.98. The Labute approximate surface area is 101 Å². The van der Waals surface area contributed by atoms with Gasteiger partial charge in [0.05, 0.1) is 12.1 Å². The van der Waals surface area contributed by atoms with Gasteiger partial charge in [-0.2, -0.15) is 0 Å². The normalized spacial score (nSPS) is 18.2. The van der Waals surface area contributed by atoms with E-state index in [4.69, 9.17) is 0 Å². The summed E-state index contributed by atoms with van der Waals surface area (Å²) >= 11 is 0. The van der Waals surface area contributed by atoms with Gasteiger partial charge in [-0.25, -0.2) is 0 Å². The van der Waals surface area contributed by atoms with Gasteiger partial charge < -0.3 is 10.0 Å². The van der Waals surface area contributed by atoms with E-state index in [-0.39, 0.29) is 12.5 Å². The van der Waals surface area contributed by atoms with E-state index < -0.39 is 5.60 Å². The number of nitrogens with zero attached hydrogens (tertiary/aromatic N) is 1. The van der Waals surface area contributed by atoms with Gasteiger partial charge in [0.25, 0.3) is 5.91 Å². The standard InChI is InChI=1S/C14H17NO2/c1-4-14(3,17)9-15-10(2)11-7-5-6-8-12(11)13(15)16/h5-8,17H,2,4,9H2,1,3H3. The minimum Gasteiger partial charge on any atom is -0.388 e. The van der Waals surface area contributed by atoms with Gasteiger partial charge in [0.2, 0.25) is 0 Å². The van der Waals surface area contributed by atoms with Crippen molar-refractivity contribution in [1.29, 1.82) is 0 Å². The van der Waals surface area contributed by atoms with Crippen molar-refractivity contribution in [2.75, 3.05) is 6.54 Å². The first-order valence-electron chi connectivity index (χ1n) is 5.79. The van der Waals surface area contributed by atoms with E-state index in [0.29, 0.717) is 17.7 Å². The van der Waals surface area contributed by atoms with Crippen LogP contribution in [0.1, 0.15) is 36.2 Å². The third-order valence-corrected chi connectivity index (χ3v) is 3.30. The Morgan fingerprint density at radius 2 is 1.94 bits per heavy atom. The third-order valence-electron chi connectivity index (χ3n) is 3.30. The molecule has 1 N–H and O–H groups in total. The van der Waals surface area contributed by atoms with Crippen molar-refractivity contribution >= 4 is 11.6 Å². The molecule has 0 aliphatic carbocycles. The molecule has 1 amide bonds. The summed E-state index contributed by atoms with van der Waals surface area (Å²) in [5.74, 6) is -0.0701. The quantitative estimate of drug-likeness (QED) is 0.867. The lowest BCUT2D eigenvalue weighted by atomic mass is 10.0. The average Bonchev–Trinajstić information content (AvgIpc) is 2.55. The molecular weight excluding hydrogens is 214 g/mol. The maximum atomic E-state index is 12.2. The summed E-state index contributed by atoms with van der Waals surface area (Å²) in [4.78, 5) is 13.7. The summed E-state index contributed by atoms with van der Waals surface area (Å²) in [5, 5.41) is 10.1. The molecule has 0 bridgehead atoms. The highest BCUT2D eigenvalue weighted by Crippen LogP contribution is 2.32. The lowest BCUT2D eigenvalue weighted by Crippen LogP contribution is -2.39. The molecule has 1 unspecified atom stereocenters. The number of carbonyl (C=O) groups is 1. The van der Waals surface area contributed by atoms with Crippen molar-refractivity contribution in [1.82, 2.24) is 4.90 Å². The number of benzene rings is 1. The second-order valence-corrected chi connectivity index (χ2v) is 4.73. The van der Waals surface area contributed by atoms with Gasteiger partial charge in [-0.3, -0.25) is 4.79 Å². The van der Waals surface area contributed by atoms with Crippen LogP contribution in [-0.2, 0) is 0 Å². The van der Waals surface area contributed by atoms with Crippen molar-refractivity contribution in [2.24, 2.45) is 0 Å². The fourth-order valence-corrected chi connectivity index (χ4v) is 1.95. The highest BCUT2D eigenvalue weighted by Gasteiger charge is 2.34. The van der Waals surface area contributed by atoms with E-state index in [9.17, 15) is 9.90 Å². The summed E-state index contributed by atoms with van der Waals surface area (Å²) in [5.41, 5.74) is 1.34. The monoisotopic (exact) mass is 231 g/mol. The predicted molar refractivity (Wildman–Crippen MR) is 67.4 cm³/mol. The molecule has 0 saturated carbocycles. The zero-order valence-corrected chi connectivity index (χ0v) is 10.2. The summed E-state index contributed by atoms with van der Waals surface area (Å²) in [6.07, 6.45) is 0.598. The molecule has 1 aromatic rings. The van der Waals surface area contributed by atoms with Crippen LogP contribution in [-0.4, -0.2) is 28.1 Å². The maximum Gasteiger partial charge on any atom is 0.259 e. The maximum absolute atomic E-state index is 12.2. The molecule has 90 valence electrons. The molecule has 0 radical (unpaired) electrons. The number of amides is 1. The van der Waals surface area contributed by atoms with Crippen LogP contribution >= 0.6 is 0 Å². The molecule has 0 spiro atoms. The Kier molecular flexibility index (Phi) is 2.79. The van der Waals surface area contributed by atoms with E-state index in [1.165, 1.54) is 0 Å². The van der Waals surface area contributed by atoms with Gasteiger partial charge in [0.15, 0.2) is 0 Å². The van der Waals surface area contributed by atoms with Gasteiger partial charge in [-0.15, -0.1) is 0 Å². The first kappa shape index (κ1) is 11.9. The number of fused-ring (bicyclic) bond motifs is 1. The first-order chi connectivity index (χ1) is 7.96. The van der Waals surface area contributed by atoms with E-state index in [0.717, 1.165) is 5.56 Å². The molecular formula is C14H17NO2. The molecule has 1 aliphatic rings. The highest BCUT2D eigenvalue weighted by molar-refractivity contribution is 6.08. The van der Waals surface area contributed by atoms with Crippen molar-refractivity contribution in [3.8, 4) is 0 Å². The van der Waals surface area contributed by atoms with Gasteiger partial charge in [0, 0.05) is 16.8 Å². The highest BCUT2D eigenvalue weighted by atomic mass is 16.3. The van der Waals surface area contributed by atoms with Crippen LogP contribution < -0.4 is 0 Å². The van der Waals surface area contributed by atoms with Crippen LogP contribution in [0.3, 0.4) is 0 Å². The Morgan fingerprint density at radius 3 is 2.47 bits per heavy atom. The van der Waals surface area contributed by atoms with Crippen LogP contribution in [0.4, 0.5) is 0 Å². The zero-order chi connectivity index (χ0) is 12.6. The van der Waals surface area contributed by atoms with Crippen molar-refractivity contribution in [2.45, 2.75) is 25.9 Å². The number of rotatable bonds is 3. The van der Waals surface area contributed by atoms with Crippen LogP contribution in [0.15, 0.2) is 30.8 Å². The molecule has 1 heterocycles. The van der Waals surface area contributed by atoms with E-state index in [2.05, 4.69) is 6.58 Å². The summed E-state index contributed by atoms with van der Waals surface area (Å²) in [6, 6.07) is 7.41. The Morgan fingerprint density at radius 1 is 1.35 bits per heavy atom. The van der Waals surface area contributed by atoms with Crippen molar-refractivity contribution in [3.63, 3.8) is 0 Å². The molecule has 1 aliphatic heterocycles. The van der Waals surface area contributed by atoms with Gasteiger partial charge in [-0.05, 0) is 19.4 Å². The van der Waals surface area contributed by atoms with Crippen molar-refractivity contribution < 1.29 is 9.90 Å². The molecule has 0 aromatic heterocycles. The van der Waals surface area contributed by atoms with E-state index in [1.807, 2.05) is 25.1 Å². The fraction of sp³-hybridized carbons (Fsp3) is 0.357. The SMILES string of the molecule is C=C1c2ccccc2C(=O)N1CC(C)(O)CC. The van der Waals surface area contributed by atoms with Crippen LogP contribution in [0.25, 0.3) is 5.70 Å². The molecule has 1 atom stereocenters. The minimum atomic E-state index is -0.874. The Hall–Kier alpha value is -1.61. The topological polar surface area (TPSA) is 40.5 Å². The summed E-state index contributed by atoms with van der Waals surface area (Å²) in [6.45, 7) is 7.86. The number of hydrogen-bond acceptors (Lipinski definition) is 2. The number of hydrogen-bond donors (Lipinski definition) is 1. The molecule has 0 saturated heterocycles. The van der Waals surface area contributed by atoms with Crippen LogP contribution in [0.5, 0.6) is 0 Å². The first-order valence-corrected chi connectivity index (χ1v) is 5.79. The second-order valence-electron chi connectivity index (χ2n) is 4.73. The summed E-state index contributed by atoms with van der Waals surface area (Å²) in [7, 11) is 0. The average molecular weight is 231 g/mol. The molecule has 3 nitrogen and oxygen atoms in total. The lowest BCUT2D eigenvalue weighted by molar-refractivity contribution is 0.0297. The predicted octanol–water partition coefficient (Wildman–Crippen LogP) is 2.27. The number of β-amino-alcohol motifs (C(OH)–C–C–N with tert-alkyl or cyclic N) is 1. The summed E-state index contributed by atoms with van der Waals surface area (Å²) < 4.78 is 0. The Balaban J connectivity index is 2.31. The lowest BCUT2D eigenvalue weighted by Gasteiger charge is -2.28. The molecule has 17 heavy (non-hydrogen) atoms. The smallest absolute Gasteiger partial charge is 0.259 e. The Bertz CT molecular complexity index is 442. The molecule has 3 heteroatoms. The van der Waals surface area contributed by atoms with Crippen LogP contribution in [0, 0.1) is 0 Å². The zero-order valence-electron chi connectivity index (χ0n) is 10.2. The minimum absolute atomic E-state index is 0.0701. The van der Waals surface area contributed by atoms with E-state index in [1.54, 1.807) is 17.9 Å². The second kappa shape index (κ2) is 4.00. The van der Waals surface area contributed by atoms with Crippen LogP contribution in [0.2, 0.25) is 0 Å². The van der Waals surface area contributed by atoms with Gasteiger partial charge in [0.1, 0.15) is 0 Å². The molecule has 0 fully saturated rings. The largest absolute Gasteiger partial charge is 0.388 e. The van der Waals surface area contributed by atoms with Gasteiger partial charge in [-0.1, -0.05) is 31.7 Å². The molecule has 1 aromatic carbocycles. The number of aliphatic hydroxyl groups is 1. The van der Waals surface area contributed by atoms with Gasteiger partial charge >= 0.3 is 0 Å².